The van der Waals surface area contributed by atoms with Gasteiger partial charge in [0.1, 0.15) is 11.6 Å². The third-order valence-corrected chi connectivity index (χ3v) is 3.53. The molecule has 98 valence electrons. The number of benzene rings is 2. The second-order valence-corrected chi connectivity index (χ2v) is 5.17. The van der Waals surface area contributed by atoms with Crippen molar-refractivity contribution in [3.05, 3.63) is 62.7 Å². The minimum absolute atomic E-state index is 0.146. The van der Waals surface area contributed by atoms with Gasteiger partial charge < -0.3 is 5.32 Å². The fourth-order valence-electron chi connectivity index (χ4n) is 1.64. The topological polar surface area (TPSA) is 29.1 Å². The highest BCUT2D eigenvalue weighted by molar-refractivity contribution is 14.1. The van der Waals surface area contributed by atoms with Crippen LogP contribution in [0.5, 0.6) is 0 Å². The molecule has 0 bridgehead atoms. The van der Waals surface area contributed by atoms with Crippen molar-refractivity contribution in [2.75, 3.05) is 5.32 Å². The van der Waals surface area contributed by atoms with Crippen LogP contribution in [0.3, 0.4) is 0 Å². The highest BCUT2D eigenvalue weighted by Crippen LogP contribution is 2.21. The van der Waals surface area contributed by atoms with E-state index in [1.807, 2.05) is 22.6 Å². The standard InChI is InChI=1S/C14H10F2INO/c1-8-3-2-4-11(16)13(8)18-14(19)10-6-5-9(15)7-12(10)17/h2-7H,1H3,(H,18,19). The van der Waals surface area contributed by atoms with Gasteiger partial charge in [0.25, 0.3) is 5.91 Å². The first-order valence-electron chi connectivity index (χ1n) is 5.50. The first-order chi connectivity index (χ1) is 8.99. The summed E-state index contributed by atoms with van der Waals surface area (Å²) in [7, 11) is 0. The van der Waals surface area contributed by atoms with Gasteiger partial charge in [0, 0.05) is 3.57 Å². The van der Waals surface area contributed by atoms with Crippen molar-refractivity contribution in [1.29, 1.82) is 0 Å². The summed E-state index contributed by atoms with van der Waals surface area (Å²) >= 11 is 1.87. The largest absolute Gasteiger partial charge is 0.319 e. The first kappa shape index (κ1) is 13.9. The fraction of sp³-hybridized carbons (Fsp3) is 0.0714. The highest BCUT2D eigenvalue weighted by Gasteiger charge is 2.14. The minimum atomic E-state index is -0.495. The molecule has 0 fully saturated rings. The number of hydrogen-bond donors (Lipinski definition) is 1. The first-order valence-corrected chi connectivity index (χ1v) is 6.58. The van der Waals surface area contributed by atoms with Crippen molar-refractivity contribution in [3.8, 4) is 0 Å². The van der Waals surface area contributed by atoms with Gasteiger partial charge in [-0.05, 0) is 59.3 Å². The molecule has 0 aliphatic rings. The molecule has 2 rings (SSSR count). The summed E-state index contributed by atoms with van der Waals surface area (Å²) in [5.41, 5.74) is 1.09. The average Bonchev–Trinajstić information content (AvgIpc) is 2.33. The lowest BCUT2D eigenvalue weighted by atomic mass is 10.1. The molecule has 1 amide bonds. The summed E-state index contributed by atoms with van der Waals surface area (Å²) in [5, 5.41) is 2.51. The molecule has 2 nitrogen and oxygen atoms in total. The number of hydrogen-bond acceptors (Lipinski definition) is 1. The second kappa shape index (κ2) is 5.64. The molecule has 0 saturated carbocycles. The molecule has 0 aliphatic carbocycles. The van der Waals surface area contributed by atoms with Crippen molar-refractivity contribution in [2.45, 2.75) is 6.92 Å². The Bertz CT molecular complexity index is 623. The Morgan fingerprint density at radius 1 is 1.21 bits per heavy atom. The smallest absolute Gasteiger partial charge is 0.256 e. The molecule has 2 aromatic rings. The molecule has 5 heteroatoms. The zero-order valence-corrected chi connectivity index (χ0v) is 12.2. The van der Waals surface area contributed by atoms with Crippen molar-refractivity contribution in [2.24, 2.45) is 0 Å². The number of rotatable bonds is 2. The average molecular weight is 373 g/mol. The lowest BCUT2D eigenvalue weighted by Crippen LogP contribution is -2.15. The molecule has 0 heterocycles. The molecule has 0 unspecified atom stereocenters. The van der Waals surface area contributed by atoms with Crippen LogP contribution in [0.4, 0.5) is 14.5 Å². The zero-order valence-electron chi connectivity index (χ0n) is 10.0. The van der Waals surface area contributed by atoms with Gasteiger partial charge in [-0.25, -0.2) is 8.78 Å². The van der Waals surface area contributed by atoms with E-state index in [4.69, 9.17) is 0 Å². The highest BCUT2D eigenvalue weighted by atomic mass is 127. The maximum atomic E-state index is 13.6. The Kier molecular flexibility index (Phi) is 4.14. The van der Waals surface area contributed by atoms with Crippen LogP contribution in [0, 0.1) is 22.1 Å². The van der Waals surface area contributed by atoms with Gasteiger partial charge in [-0.15, -0.1) is 0 Å². The molecule has 0 atom stereocenters. The molecule has 2 aromatic carbocycles. The van der Waals surface area contributed by atoms with Crippen molar-refractivity contribution in [1.82, 2.24) is 0 Å². The monoisotopic (exact) mass is 373 g/mol. The van der Waals surface area contributed by atoms with Crippen LogP contribution in [0.2, 0.25) is 0 Å². The number of halogens is 3. The van der Waals surface area contributed by atoms with Crippen LogP contribution in [0.1, 0.15) is 15.9 Å². The van der Waals surface area contributed by atoms with E-state index in [0.29, 0.717) is 14.7 Å². The molecule has 19 heavy (non-hydrogen) atoms. The predicted octanol–water partition coefficient (Wildman–Crippen LogP) is 4.13. The van der Waals surface area contributed by atoms with Gasteiger partial charge in [0.15, 0.2) is 0 Å². The number of carbonyl (C=O) groups excluding carboxylic acids is 1. The molecular formula is C14H10F2INO. The van der Waals surface area contributed by atoms with E-state index in [2.05, 4.69) is 5.32 Å². The fourth-order valence-corrected chi connectivity index (χ4v) is 2.37. The van der Waals surface area contributed by atoms with Crippen molar-refractivity contribution >= 4 is 34.2 Å². The third-order valence-electron chi connectivity index (χ3n) is 2.64. The van der Waals surface area contributed by atoms with E-state index in [0.717, 1.165) is 0 Å². The maximum absolute atomic E-state index is 13.6. The summed E-state index contributed by atoms with van der Waals surface area (Å²) in [6, 6.07) is 8.38. The number of carbonyl (C=O) groups is 1. The van der Waals surface area contributed by atoms with Gasteiger partial charge in [-0.2, -0.15) is 0 Å². The zero-order chi connectivity index (χ0) is 14.0. The number of anilines is 1. The Balaban J connectivity index is 2.31. The van der Waals surface area contributed by atoms with E-state index in [-0.39, 0.29) is 5.69 Å². The summed E-state index contributed by atoms with van der Waals surface area (Å²) in [6.45, 7) is 1.70. The normalized spacial score (nSPS) is 10.3. The Labute approximate surface area is 123 Å². The minimum Gasteiger partial charge on any atom is -0.319 e. The quantitative estimate of drug-likeness (QED) is 0.789. The van der Waals surface area contributed by atoms with E-state index < -0.39 is 17.5 Å². The second-order valence-electron chi connectivity index (χ2n) is 4.01. The molecule has 0 saturated heterocycles. The van der Waals surface area contributed by atoms with E-state index in [9.17, 15) is 13.6 Å². The van der Waals surface area contributed by atoms with Crippen LogP contribution in [-0.2, 0) is 0 Å². The van der Waals surface area contributed by atoms with Gasteiger partial charge in [0.05, 0.1) is 11.3 Å². The summed E-state index contributed by atoms with van der Waals surface area (Å²) < 4.78 is 27.1. The van der Waals surface area contributed by atoms with Crippen LogP contribution in [0.25, 0.3) is 0 Å². The van der Waals surface area contributed by atoms with E-state index >= 15 is 0 Å². The van der Waals surface area contributed by atoms with Gasteiger partial charge in [0.2, 0.25) is 0 Å². The van der Waals surface area contributed by atoms with Gasteiger partial charge in [-0.3, -0.25) is 4.79 Å². The Morgan fingerprint density at radius 3 is 2.58 bits per heavy atom. The predicted molar refractivity (Wildman–Crippen MR) is 78.2 cm³/mol. The number of para-hydroxylation sites is 1. The van der Waals surface area contributed by atoms with E-state index in [1.165, 1.54) is 24.3 Å². The van der Waals surface area contributed by atoms with Crippen LogP contribution in [0.15, 0.2) is 36.4 Å². The Morgan fingerprint density at radius 2 is 1.95 bits per heavy atom. The summed E-state index contributed by atoms with van der Waals surface area (Å²) in [4.78, 5) is 12.0. The summed E-state index contributed by atoms with van der Waals surface area (Å²) in [6.07, 6.45) is 0. The third kappa shape index (κ3) is 3.09. The van der Waals surface area contributed by atoms with Crippen molar-refractivity contribution in [3.63, 3.8) is 0 Å². The molecule has 0 radical (unpaired) electrons. The lowest BCUT2D eigenvalue weighted by Gasteiger charge is -2.10. The van der Waals surface area contributed by atoms with E-state index in [1.54, 1.807) is 19.1 Å². The van der Waals surface area contributed by atoms with Crippen LogP contribution in [-0.4, -0.2) is 5.91 Å². The molecular weight excluding hydrogens is 363 g/mol. The maximum Gasteiger partial charge on any atom is 0.256 e. The SMILES string of the molecule is Cc1cccc(F)c1NC(=O)c1ccc(F)cc1I. The molecule has 0 aromatic heterocycles. The molecule has 1 N–H and O–H groups in total. The Hall–Kier alpha value is -1.50. The lowest BCUT2D eigenvalue weighted by molar-refractivity contribution is 0.102. The van der Waals surface area contributed by atoms with Crippen LogP contribution >= 0.6 is 22.6 Å². The van der Waals surface area contributed by atoms with Gasteiger partial charge in [-0.1, -0.05) is 12.1 Å². The number of amides is 1. The number of nitrogens with one attached hydrogen (secondary N) is 1. The molecule has 0 aliphatic heterocycles. The van der Waals surface area contributed by atoms with Crippen molar-refractivity contribution < 1.29 is 13.6 Å². The summed E-state index contributed by atoms with van der Waals surface area (Å²) in [5.74, 6) is -1.37. The van der Waals surface area contributed by atoms with Crippen LogP contribution < -0.4 is 5.32 Å². The molecule has 0 spiro atoms. The van der Waals surface area contributed by atoms with Gasteiger partial charge >= 0.3 is 0 Å². The number of aryl methyl sites for hydroxylation is 1.